The number of carbonyl (C=O) groups excluding carboxylic acids is 2. The van der Waals surface area contributed by atoms with E-state index in [0.717, 1.165) is 40.2 Å². The smallest absolute Gasteiger partial charge is 0.341 e. The molecule has 3 heterocycles. The third-order valence-electron chi connectivity index (χ3n) is 5.00. The van der Waals surface area contributed by atoms with Crippen LogP contribution in [-0.2, 0) is 4.74 Å². The van der Waals surface area contributed by atoms with Gasteiger partial charge in [-0.2, -0.15) is 0 Å². The molecule has 3 aromatic heterocycles. The van der Waals surface area contributed by atoms with Gasteiger partial charge in [0, 0.05) is 10.4 Å². The third-order valence-corrected chi connectivity index (χ3v) is 6.12. The lowest BCUT2D eigenvalue weighted by Gasteiger charge is -2.11. The Balaban J connectivity index is 1.99. The Labute approximate surface area is 177 Å². The summed E-state index contributed by atoms with van der Waals surface area (Å²) >= 11 is 1.33. The predicted molar refractivity (Wildman–Crippen MR) is 115 cm³/mol. The summed E-state index contributed by atoms with van der Waals surface area (Å²) < 4.78 is 18.7. The second-order valence-corrected chi connectivity index (χ2v) is 8.06. The molecule has 0 unspecified atom stereocenters. The molecule has 4 aromatic rings. The fourth-order valence-electron chi connectivity index (χ4n) is 3.28. The van der Waals surface area contributed by atoms with Crippen molar-refractivity contribution in [2.24, 2.45) is 0 Å². The van der Waals surface area contributed by atoms with Crippen molar-refractivity contribution in [2.75, 3.05) is 12.4 Å². The molecule has 0 aliphatic heterocycles. The largest absolute Gasteiger partial charge is 0.465 e. The van der Waals surface area contributed by atoms with Crippen molar-refractivity contribution >= 4 is 44.8 Å². The molecule has 0 aliphatic rings. The minimum absolute atomic E-state index is 0.0321. The van der Waals surface area contributed by atoms with Gasteiger partial charge in [0.25, 0.3) is 17.0 Å². The van der Waals surface area contributed by atoms with Crippen LogP contribution in [-0.4, -0.2) is 28.4 Å². The zero-order valence-corrected chi connectivity index (χ0v) is 17.5. The Kier molecular flexibility index (Phi) is 4.94. The van der Waals surface area contributed by atoms with Crippen LogP contribution >= 0.6 is 11.3 Å². The summed E-state index contributed by atoms with van der Waals surface area (Å²) in [5, 5.41) is 2.73. The van der Waals surface area contributed by atoms with Gasteiger partial charge in [0.15, 0.2) is 0 Å². The lowest BCUT2D eigenvalue weighted by atomic mass is 10.2. The van der Waals surface area contributed by atoms with E-state index in [2.05, 4.69) is 10.3 Å². The summed E-state index contributed by atoms with van der Waals surface area (Å²) in [5.74, 6) is -2.02. The van der Waals surface area contributed by atoms with E-state index in [1.807, 2.05) is 6.92 Å². The van der Waals surface area contributed by atoms with E-state index >= 15 is 0 Å². The molecular weight excluding hydrogens is 425 g/mol. The molecule has 0 spiro atoms. The Bertz CT molecular complexity index is 1500. The van der Waals surface area contributed by atoms with Gasteiger partial charge in [-0.3, -0.25) is 14.4 Å². The van der Waals surface area contributed by atoms with Crippen molar-refractivity contribution < 1.29 is 18.7 Å². The molecule has 4 rings (SSSR count). The number of methoxy groups -OCH3 is 1. The van der Waals surface area contributed by atoms with E-state index in [-0.39, 0.29) is 22.5 Å². The Morgan fingerprint density at radius 3 is 2.45 bits per heavy atom. The number of hydrogen-bond acceptors (Lipinski definition) is 6. The summed E-state index contributed by atoms with van der Waals surface area (Å²) in [4.78, 5) is 55.6. The van der Waals surface area contributed by atoms with E-state index in [4.69, 9.17) is 4.74 Å². The first-order valence-electron chi connectivity index (χ1n) is 9.10. The number of fused-ring (bicyclic) bond motifs is 2. The van der Waals surface area contributed by atoms with Crippen LogP contribution in [0.5, 0.6) is 0 Å². The van der Waals surface area contributed by atoms with E-state index < -0.39 is 28.8 Å². The van der Waals surface area contributed by atoms with Gasteiger partial charge < -0.3 is 15.0 Å². The van der Waals surface area contributed by atoms with Crippen LogP contribution in [0.2, 0.25) is 0 Å². The number of halogens is 1. The highest BCUT2D eigenvalue weighted by molar-refractivity contribution is 7.18. The Morgan fingerprint density at radius 2 is 1.81 bits per heavy atom. The molecule has 0 aliphatic carbocycles. The van der Waals surface area contributed by atoms with Crippen molar-refractivity contribution in [3.63, 3.8) is 0 Å². The monoisotopic (exact) mass is 441 g/mol. The first-order valence-corrected chi connectivity index (χ1v) is 9.91. The van der Waals surface area contributed by atoms with Crippen LogP contribution in [0.15, 0.2) is 39.9 Å². The minimum Gasteiger partial charge on any atom is -0.465 e. The number of carbonyl (C=O) groups is 2. The molecule has 0 atom stereocenters. The number of esters is 1. The quantitative estimate of drug-likeness (QED) is 0.475. The molecule has 31 heavy (non-hydrogen) atoms. The maximum atomic E-state index is 13.2. The van der Waals surface area contributed by atoms with Crippen LogP contribution in [0, 0.1) is 19.7 Å². The highest BCUT2D eigenvalue weighted by Crippen LogP contribution is 2.27. The number of hydrogen-bond donors (Lipinski definition) is 2. The normalized spacial score (nSPS) is 11.1. The number of amides is 1. The third kappa shape index (κ3) is 3.30. The van der Waals surface area contributed by atoms with Crippen LogP contribution in [0.3, 0.4) is 0 Å². The van der Waals surface area contributed by atoms with Gasteiger partial charge in [0.1, 0.15) is 27.5 Å². The number of aryl methyl sites for hydroxylation is 2. The van der Waals surface area contributed by atoms with Gasteiger partial charge in [-0.25, -0.2) is 13.6 Å². The number of ether oxygens (including phenoxy) is 1. The average Bonchev–Trinajstić information content (AvgIpc) is 3.03. The second-order valence-electron chi connectivity index (χ2n) is 6.83. The summed E-state index contributed by atoms with van der Waals surface area (Å²) in [5.41, 5.74) is -1.03. The van der Waals surface area contributed by atoms with Gasteiger partial charge in [-0.15, -0.1) is 11.3 Å². The number of aromatic amines is 1. The minimum atomic E-state index is -0.815. The van der Waals surface area contributed by atoms with Crippen molar-refractivity contribution in [2.45, 2.75) is 13.8 Å². The van der Waals surface area contributed by atoms with Crippen molar-refractivity contribution in [1.82, 2.24) is 9.38 Å². The Hall–Kier alpha value is -3.79. The highest BCUT2D eigenvalue weighted by Gasteiger charge is 2.22. The fourth-order valence-corrected chi connectivity index (χ4v) is 4.33. The maximum absolute atomic E-state index is 13.2. The summed E-state index contributed by atoms with van der Waals surface area (Å²) in [6, 6.07) is 5.85. The zero-order chi connectivity index (χ0) is 22.4. The van der Waals surface area contributed by atoms with Crippen LogP contribution in [0.25, 0.3) is 15.9 Å². The molecule has 0 saturated carbocycles. The molecule has 1 amide bonds. The fraction of sp³-hybridized carbons (Fsp3) is 0.143. The molecule has 10 heteroatoms. The summed E-state index contributed by atoms with van der Waals surface area (Å²) in [6.07, 6.45) is 0. The van der Waals surface area contributed by atoms with Crippen LogP contribution in [0.4, 0.5) is 10.1 Å². The molecule has 8 nitrogen and oxygen atoms in total. The lowest BCUT2D eigenvalue weighted by molar-refractivity contribution is 0.0602. The molecule has 0 bridgehead atoms. The summed E-state index contributed by atoms with van der Waals surface area (Å²) in [7, 11) is 1.16. The molecule has 0 saturated heterocycles. The van der Waals surface area contributed by atoms with Crippen LogP contribution in [0.1, 0.15) is 31.2 Å². The maximum Gasteiger partial charge on any atom is 0.341 e. The summed E-state index contributed by atoms with van der Waals surface area (Å²) in [6.45, 7) is 3.61. The number of nitrogens with zero attached hydrogens (tertiary/aromatic N) is 1. The molecule has 0 radical (unpaired) electrons. The van der Waals surface area contributed by atoms with E-state index in [9.17, 15) is 23.6 Å². The number of thiophene rings is 1. The standard InChI is InChI=1S/C21H16FN3O5S/c1-9-10(2)31-18-15(9)20(28)25-16(24-18)13(21(29)30-3)8-14(19(25)27)23-17(26)11-4-6-12(22)7-5-11/h4-8,24H,1-3H3,(H,23,26). The van der Waals surface area contributed by atoms with E-state index in [0.29, 0.717) is 10.2 Å². The predicted octanol–water partition coefficient (Wildman–Crippen LogP) is 3.00. The van der Waals surface area contributed by atoms with E-state index in [1.54, 1.807) is 6.92 Å². The number of rotatable bonds is 3. The number of pyridine rings is 1. The van der Waals surface area contributed by atoms with E-state index in [1.165, 1.54) is 23.5 Å². The number of nitrogens with one attached hydrogen (secondary N) is 2. The van der Waals surface area contributed by atoms with Gasteiger partial charge in [-0.1, -0.05) is 0 Å². The highest BCUT2D eigenvalue weighted by atomic mass is 32.1. The number of H-pyrrole nitrogens is 1. The van der Waals surface area contributed by atoms with Crippen molar-refractivity contribution in [1.29, 1.82) is 0 Å². The zero-order valence-electron chi connectivity index (χ0n) is 16.7. The SMILES string of the molecule is COC(=O)c1cc(NC(=O)c2ccc(F)cc2)c(=O)n2c(=O)c3c(C)c(C)sc3[nH]c12. The van der Waals surface area contributed by atoms with Gasteiger partial charge >= 0.3 is 5.97 Å². The van der Waals surface area contributed by atoms with Crippen molar-refractivity contribution in [3.8, 4) is 0 Å². The lowest BCUT2D eigenvalue weighted by Crippen LogP contribution is -2.32. The van der Waals surface area contributed by atoms with Crippen molar-refractivity contribution in [3.05, 3.63) is 78.4 Å². The molecule has 1 aromatic carbocycles. The first kappa shape index (κ1) is 20.5. The Morgan fingerprint density at radius 1 is 1.13 bits per heavy atom. The van der Waals surface area contributed by atoms with Gasteiger partial charge in [-0.05, 0) is 49.7 Å². The number of anilines is 1. The number of benzene rings is 1. The first-order chi connectivity index (χ1) is 14.7. The molecule has 2 N–H and O–H groups in total. The van der Waals surface area contributed by atoms with Gasteiger partial charge in [0.05, 0.1) is 12.5 Å². The molecule has 0 fully saturated rings. The van der Waals surface area contributed by atoms with Gasteiger partial charge in [0.2, 0.25) is 0 Å². The second kappa shape index (κ2) is 7.47. The molecule has 158 valence electrons. The average molecular weight is 441 g/mol. The topological polar surface area (TPSA) is 110 Å². The van der Waals surface area contributed by atoms with Crippen LogP contribution < -0.4 is 16.4 Å². The molecular formula is C21H16FN3O5S. The number of aromatic nitrogens is 2.